The minimum absolute atomic E-state index is 0.132. The molecule has 78 valence electrons. The van der Waals surface area contributed by atoms with Gasteiger partial charge in [-0.15, -0.1) is 11.3 Å². The largest absolute Gasteiger partial charge is 0.324 e. The van der Waals surface area contributed by atoms with E-state index in [1.165, 1.54) is 20.9 Å². The predicted molar refractivity (Wildman–Crippen MR) is 67.1 cm³/mol. The fourth-order valence-corrected chi connectivity index (χ4v) is 2.64. The highest BCUT2D eigenvalue weighted by atomic mass is 32.1. The van der Waals surface area contributed by atoms with E-state index in [0.29, 0.717) is 0 Å². The van der Waals surface area contributed by atoms with Gasteiger partial charge in [-0.25, -0.2) is 0 Å². The Kier molecular flexibility index (Phi) is 2.89. The van der Waals surface area contributed by atoms with E-state index in [0.717, 1.165) is 0 Å². The first kappa shape index (κ1) is 10.4. The van der Waals surface area contributed by atoms with E-state index in [4.69, 9.17) is 5.73 Å². The zero-order chi connectivity index (χ0) is 10.8. The van der Waals surface area contributed by atoms with Crippen LogP contribution < -0.4 is 5.73 Å². The highest BCUT2D eigenvalue weighted by molar-refractivity contribution is 7.15. The SMILES string of the molecule is Cc1ccccc1-c1ccc(C(C)N)s1. The van der Waals surface area contributed by atoms with Gasteiger partial charge < -0.3 is 5.73 Å². The molecule has 1 aromatic carbocycles. The summed E-state index contributed by atoms with van der Waals surface area (Å²) in [6.07, 6.45) is 0. The maximum absolute atomic E-state index is 5.85. The third kappa shape index (κ3) is 2.11. The van der Waals surface area contributed by atoms with Gasteiger partial charge in [-0.3, -0.25) is 0 Å². The molecule has 0 spiro atoms. The van der Waals surface area contributed by atoms with Gasteiger partial charge in [-0.05, 0) is 37.1 Å². The van der Waals surface area contributed by atoms with Crippen molar-refractivity contribution < 1.29 is 0 Å². The molecule has 0 bridgehead atoms. The molecule has 1 aromatic heterocycles. The number of hydrogen-bond acceptors (Lipinski definition) is 2. The van der Waals surface area contributed by atoms with Crippen LogP contribution in [-0.4, -0.2) is 0 Å². The first-order valence-corrected chi connectivity index (χ1v) is 5.91. The lowest BCUT2D eigenvalue weighted by Crippen LogP contribution is -2.01. The Morgan fingerprint density at radius 3 is 2.47 bits per heavy atom. The van der Waals surface area contributed by atoms with Crippen LogP contribution in [0.4, 0.5) is 0 Å². The second-order valence-corrected chi connectivity index (χ2v) is 4.92. The van der Waals surface area contributed by atoms with Crippen molar-refractivity contribution in [1.82, 2.24) is 0 Å². The molecule has 0 amide bonds. The van der Waals surface area contributed by atoms with Gasteiger partial charge in [0, 0.05) is 15.8 Å². The molecule has 1 nitrogen and oxygen atoms in total. The molecular formula is C13H15NS. The minimum Gasteiger partial charge on any atom is -0.324 e. The van der Waals surface area contributed by atoms with Gasteiger partial charge in [0.15, 0.2) is 0 Å². The first-order chi connectivity index (χ1) is 7.18. The first-order valence-electron chi connectivity index (χ1n) is 5.10. The summed E-state index contributed by atoms with van der Waals surface area (Å²) in [5, 5.41) is 0. The van der Waals surface area contributed by atoms with Gasteiger partial charge in [-0.2, -0.15) is 0 Å². The number of rotatable bonds is 2. The summed E-state index contributed by atoms with van der Waals surface area (Å²) in [6.45, 7) is 4.16. The smallest absolute Gasteiger partial charge is 0.0361 e. The molecule has 0 saturated carbocycles. The number of aryl methyl sites for hydroxylation is 1. The van der Waals surface area contributed by atoms with Gasteiger partial charge in [0.1, 0.15) is 0 Å². The lowest BCUT2D eigenvalue weighted by Gasteiger charge is -2.02. The third-order valence-corrected chi connectivity index (χ3v) is 3.81. The van der Waals surface area contributed by atoms with Crippen molar-refractivity contribution in [1.29, 1.82) is 0 Å². The topological polar surface area (TPSA) is 26.0 Å². The van der Waals surface area contributed by atoms with Crippen LogP contribution in [0.1, 0.15) is 23.4 Å². The minimum atomic E-state index is 0.132. The van der Waals surface area contributed by atoms with Crippen molar-refractivity contribution >= 4 is 11.3 Å². The van der Waals surface area contributed by atoms with Crippen LogP contribution in [0.3, 0.4) is 0 Å². The van der Waals surface area contributed by atoms with Gasteiger partial charge in [0.05, 0.1) is 0 Å². The maximum Gasteiger partial charge on any atom is 0.0361 e. The van der Waals surface area contributed by atoms with E-state index >= 15 is 0 Å². The number of hydrogen-bond donors (Lipinski definition) is 1. The van der Waals surface area contributed by atoms with E-state index in [9.17, 15) is 0 Å². The van der Waals surface area contributed by atoms with Crippen molar-refractivity contribution in [3.05, 3.63) is 46.8 Å². The van der Waals surface area contributed by atoms with E-state index in [2.05, 4.69) is 43.3 Å². The average Bonchev–Trinajstić information content (AvgIpc) is 2.67. The zero-order valence-corrected chi connectivity index (χ0v) is 9.84. The molecule has 0 aliphatic rings. The van der Waals surface area contributed by atoms with E-state index in [-0.39, 0.29) is 6.04 Å². The summed E-state index contributed by atoms with van der Waals surface area (Å²) in [5.41, 5.74) is 8.48. The molecular weight excluding hydrogens is 202 g/mol. The molecule has 0 radical (unpaired) electrons. The molecule has 0 saturated heterocycles. The summed E-state index contributed by atoms with van der Waals surface area (Å²) in [5.74, 6) is 0. The standard InChI is InChI=1S/C13H15NS/c1-9-5-3-4-6-11(9)13-8-7-12(15-13)10(2)14/h3-8,10H,14H2,1-2H3. The van der Waals surface area contributed by atoms with Crippen LogP contribution in [0, 0.1) is 6.92 Å². The van der Waals surface area contributed by atoms with Crippen LogP contribution in [0.15, 0.2) is 36.4 Å². The Bertz CT molecular complexity index is 457. The van der Waals surface area contributed by atoms with Crippen molar-refractivity contribution in [2.75, 3.05) is 0 Å². The van der Waals surface area contributed by atoms with Crippen molar-refractivity contribution in [3.63, 3.8) is 0 Å². The molecule has 0 aliphatic heterocycles. The number of thiophene rings is 1. The highest BCUT2D eigenvalue weighted by Crippen LogP contribution is 2.32. The molecule has 2 N–H and O–H groups in total. The molecule has 1 unspecified atom stereocenters. The summed E-state index contributed by atoms with van der Waals surface area (Å²) in [7, 11) is 0. The van der Waals surface area contributed by atoms with Crippen LogP contribution in [-0.2, 0) is 0 Å². The number of benzene rings is 1. The van der Waals surface area contributed by atoms with Crippen LogP contribution in [0.2, 0.25) is 0 Å². The summed E-state index contributed by atoms with van der Waals surface area (Å²) >= 11 is 1.78. The van der Waals surface area contributed by atoms with Crippen molar-refractivity contribution in [2.24, 2.45) is 5.73 Å². The molecule has 0 fully saturated rings. The second kappa shape index (κ2) is 4.17. The van der Waals surface area contributed by atoms with Crippen LogP contribution >= 0.6 is 11.3 Å². The van der Waals surface area contributed by atoms with Gasteiger partial charge in [-0.1, -0.05) is 24.3 Å². The average molecular weight is 217 g/mol. The molecule has 2 aromatic rings. The predicted octanol–water partition coefficient (Wildman–Crippen LogP) is 3.74. The molecule has 15 heavy (non-hydrogen) atoms. The fourth-order valence-electron chi connectivity index (χ4n) is 1.59. The third-order valence-electron chi connectivity index (χ3n) is 2.49. The Hall–Kier alpha value is -1.12. The van der Waals surface area contributed by atoms with Crippen molar-refractivity contribution in [2.45, 2.75) is 19.9 Å². The highest BCUT2D eigenvalue weighted by Gasteiger charge is 2.07. The van der Waals surface area contributed by atoms with Crippen LogP contribution in [0.25, 0.3) is 10.4 Å². The van der Waals surface area contributed by atoms with Gasteiger partial charge >= 0.3 is 0 Å². The monoisotopic (exact) mass is 217 g/mol. The van der Waals surface area contributed by atoms with E-state index < -0.39 is 0 Å². The summed E-state index contributed by atoms with van der Waals surface area (Å²) < 4.78 is 0. The molecule has 2 rings (SSSR count). The molecule has 1 atom stereocenters. The maximum atomic E-state index is 5.85. The Labute approximate surface area is 94.6 Å². The van der Waals surface area contributed by atoms with Gasteiger partial charge in [0.2, 0.25) is 0 Å². The van der Waals surface area contributed by atoms with Gasteiger partial charge in [0.25, 0.3) is 0 Å². The lowest BCUT2D eigenvalue weighted by molar-refractivity contribution is 0.838. The molecule has 0 aliphatic carbocycles. The summed E-state index contributed by atoms with van der Waals surface area (Å²) in [4.78, 5) is 2.55. The van der Waals surface area contributed by atoms with E-state index in [1.54, 1.807) is 11.3 Å². The summed E-state index contributed by atoms with van der Waals surface area (Å²) in [6, 6.07) is 12.9. The fraction of sp³-hybridized carbons (Fsp3) is 0.231. The quantitative estimate of drug-likeness (QED) is 0.814. The second-order valence-electron chi connectivity index (χ2n) is 3.81. The van der Waals surface area contributed by atoms with E-state index in [1.807, 2.05) is 6.92 Å². The van der Waals surface area contributed by atoms with Crippen molar-refractivity contribution in [3.8, 4) is 10.4 Å². The normalized spacial score (nSPS) is 12.7. The molecule has 1 heterocycles. The Balaban J connectivity index is 2.42. The Morgan fingerprint density at radius 1 is 1.13 bits per heavy atom. The Morgan fingerprint density at radius 2 is 1.87 bits per heavy atom. The zero-order valence-electron chi connectivity index (χ0n) is 9.03. The molecule has 2 heteroatoms. The number of nitrogens with two attached hydrogens (primary N) is 1. The van der Waals surface area contributed by atoms with Crippen LogP contribution in [0.5, 0.6) is 0 Å². The lowest BCUT2D eigenvalue weighted by atomic mass is 10.1.